The fraction of sp³-hybridized carbons (Fsp3) is 0.294. The van der Waals surface area contributed by atoms with Gasteiger partial charge < -0.3 is 20.4 Å². The number of rotatable bonds is 6. The average Bonchev–Trinajstić information content (AvgIpc) is 2.92. The van der Waals surface area contributed by atoms with Crippen LogP contribution in [-0.2, 0) is 11.3 Å². The molecule has 122 valence electrons. The Bertz CT molecular complexity index is 691. The van der Waals surface area contributed by atoms with Crippen molar-refractivity contribution in [2.24, 2.45) is 5.73 Å². The smallest absolute Gasteiger partial charge is 0.282 e. The number of nitrogens with one attached hydrogen (secondary N) is 2. The number of anilines is 1. The van der Waals surface area contributed by atoms with E-state index >= 15 is 0 Å². The predicted octanol–water partition coefficient (Wildman–Crippen LogP) is 0.729. The number of hydrogen-bond acceptors (Lipinski definition) is 3. The largest absolute Gasteiger partial charge is 0.460 e. The second-order valence-electron chi connectivity index (χ2n) is 5.69. The number of hydrogen-bond donors (Lipinski definition) is 3. The number of nitrogens with two attached hydrogens (primary N) is 1. The minimum absolute atomic E-state index is 0.0994. The lowest BCUT2D eigenvalue weighted by Gasteiger charge is -2.20. The van der Waals surface area contributed by atoms with Gasteiger partial charge in [-0.3, -0.25) is 9.59 Å². The van der Waals surface area contributed by atoms with E-state index in [1.165, 1.54) is 0 Å². The molecule has 2 amide bonds. The van der Waals surface area contributed by atoms with Gasteiger partial charge in [0.25, 0.3) is 5.91 Å². The van der Waals surface area contributed by atoms with Crippen molar-refractivity contribution in [1.82, 2.24) is 0 Å². The molecule has 1 unspecified atom stereocenters. The average molecular weight is 316 g/mol. The molecule has 6 nitrogen and oxygen atoms in total. The molecule has 4 N–H and O–H groups in total. The summed E-state index contributed by atoms with van der Waals surface area (Å²) in [6.45, 7) is 4.38. The summed E-state index contributed by atoms with van der Waals surface area (Å²) in [6.07, 6.45) is 0. The summed E-state index contributed by atoms with van der Waals surface area (Å²) in [5.41, 5.74) is 6.23. The summed E-state index contributed by atoms with van der Waals surface area (Å²) >= 11 is 0. The molecule has 1 aromatic heterocycles. The van der Waals surface area contributed by atoms with Crippen LogP contribution in [0, 0.1) is 6.92 Å². The first kappa shape index (κ1) is 16.8. The number of amides is 2. The maximum atomic E-state index is 12.3. The van der Waals surface area contributed by atoms with E-state index in [1.54, 1.807) is 24.3 Å². The number of primary amides is 1. The van der Waals surface area contributed by atoms with Gasteiger partial charge in [-0.15, -0.1) is 0 Å². The summed E-state index contributed by atoms with van der Waals surface area (Å²) in [5.74, 6) is 1.12. The molecule has 1 heterocycles. The van der Waals surface area contributed by atoms with E-state index in [0.29, 0.717) is 17.8 Å². The molecule has 2 aromatic rings. The van der Waals surface area contributed by atoms with Crippen LogP contribution in [0.2, 0.25) is 0 Å². The highest BCUT2D eigenvalue weighted by Crippen LogP contribution is 2.09. The van der Waals surface area contributed by atoms with E-state index < -0.39 is 5.91 Å². The minimum Gasteiger partial charge on any atom is -0.460 e. The van der Waals surface area contributed by atoms with Gasteiger partial charge in [-0.25, -0.2) is 0 Å². The Balaban J connectivity index is 1.94. The lowest BCUT2D eigenvalue weighted by Crippen LogP contribution is -3.12. The molecule has 0 aliphatic heterocycles. The van der Waals surface area contributed by atoms with Gasteiger partial charge in [0.15, 0.2) is 11.8 Å². The summed E-state index contributed by atoms with van der Waals surface area (Å²) in [5, 5.41) is 2.84. The maximum absolute atomic E-state index is 12.3. The number of carbonyl (C=O) groups excluding carboxylic acids is 2. The molecule has 1 aromatic carbocycles. The minimum atomic E-state index is -0.492. The van der Waals surface area contributed by atoms with Gasteiger partial charge in [0.2, 0.25) is 5.91 Å². The Morgan fingerprint density at radius 3 is 2.39 bits per heavy atom. The zero-order valence-electron chi connectivity index (χ0n) is 13.6. The predicted molar refractivity (Wildman–Crippen MR) is 87.1 cm³/mol. The van der Waals surface area contributed by atoms with Crippen LogP contribution in [0.3, 0.4) is 0 Å². The summed E-state index contributed by atoms with van der Waals surface area (Å²) in [6, 6.07) is 10.1. The van der Waals surface area contributed by atoms with E-state index in [9.17, 15) is 9.59 Å². The van der Waals surface area contributed by atoms with E-state index in [-0.39, 0.29) is 11.9 Å². The molecule has 0 spiro atoms. The van der Waals surface area contributed by atoms with Crippen molar-refractivity contribution in [3.8, 4) is 0 Å². The van der Waals surface area contributed by atoms with Crippen LogP contribution in [0.1, 0.15) is 28.8 Å². The van der Waals surface area contributed by atoms with Crippen molar-refractivity contribution in [2.45, 2.75) is 26.4 Å². The fourth-order valence-corrected chi connectivity index (χ4v) is 2.20. The summed E-state index contributed by atoms with van der Waals surface area (Å²) in [7, 11) is 1.94. The van der Waals surface area contributed by atoms with Gasteiger partial charge in [-0.1, -0.05) is 0 Å². The Morgan fingerprint density at radius 2 is 1.87 bits per heavy atom. The third-order valence-electron chi connectivity index (χ3n) is 3.82. The Labute approximate surface area is 135 Å². The van der Waals surface area contributed by atoms with Crippen LogP contribution in [0.15, 0.2) is 40.8 Å². The summed E-state index contributed by atoms with van der Waals surface area (Å²) in [4.78, 5) is 24.4. The number of likely N-dealkylation sites (N-methyl/N-ethyl adjacent to an activating group) is 1. The molecule has 0 saturated heterocycles. The quantitative estimate of drug-likeness (QED) is 0.734. The standard InChI is InChI=1S/C17H21N3O3/c1-11-4-9-15(23-11)10-20(3)12(2)17(22)19-14-7-5-13(6-8-14)16(18)21/h4-9,12H,10H2,1-3H3,(H2,18,21)(H,19,22)/p+1/t12-/m0/s1. The molecule has 2 atom stereocenters. The molecule has 6 heteroatoms. The Kier molecular flexibility index (Phi) is 5.18. The molecule has 0 radical (unpaired) electrons. The van der Waals surface area contributed by atoms with Gasteiger partial charge in [0.1, 0.15) is 12.3 Å². The molecular formula is C17H22N3O3+. The fourth-order valence-electron chi connectivity index (χ4n) is 2.20. The van der Waals surface area contributed by atoms with Gasteiger partial charge in [-0.2, -0.15) is 0 Å². The second kappa shape index (κ2) is 7.11. The maximum Gasteiger partial charge on any atom is 0.282 e. The monoisotopic (exact) mass is 316 g/mol. The molecule has 0 aliphatic rings. The van der Waals surface area contributed by atoms with Gasteiger partial charge in [-0.05, 0) is 50.2 Å². The van der Waals surface area contributed by atoms with Crippen LogP contribution < -0.4 is 16.0 Å². The Morgan fingerprint density at radius 1 is 1.22 bits per heavy atom. The van der Waals surface area contributed by atoms with E-state index in [1.807, 2.05) is 33.0 Å². The molecule has 23 heavy (non-hydrogen) atoms. The highest BCUT2D eigenvalue weighted by atomic mass is 16.3. The van der Waals surface area contributed by atoms with Crippen LogP contribution >= 0.6 is 0 Å². The highest BCUT2D eigenvalue weighted by Gasteiger charge is 2.23. The van der Waals surface area contributed by atoms with E-state index in [0.717, 1.165) is 16.4 Å². The van der Waals surface area contributed by atoms with Gasteiger partial charge in [0, 0.05) is 11.3 Å². The number of furan rings is 1. The second-order valence-corrected chi connectivity index (χ2v) is 5.69. The number of carbonyl (C=O) groups is 2. The number of quaternary nitrogens is 1. The molecule has 0 bridgehead atoms. The zero-order valence-corrected chi connectivity index (χ0v) is 13.6. The molecule has 0 fully saturated rings. The van der Waals surface area contributed by atoms with Crippen molar-refractivity contribution >= 4 is 17.5 Å². The van der Waals surface area contributed by atoms with E-state index in [4.69, 9.17) is 10.2 Å². The van der Waals surface area contributed by atoms with Crippen molar-refractivity contribution in [3.05, 3.63) is 53.5 Å². The van der Waals surface area contributed by atoms with E-state index in [2.05, 4.69) is 5.32 Å². The first-order chi connectivity index (χ1) is 10.9. The molecule has 0 saturated carbocycles. The van der Waals surface area contributed by atoms with Crippen molar-refractivity contribution < 1.29 is 18.9 Å². The van der Waals surface area contributed by atoms with Crippen LogP contribution in [-0.4, -0.2) is 24.9 Å². The normalized spacial score (nSPS) is 13.3. The molecule has 2 rings (SSSR count). The van der Waals surface area contributed by atoms with Crippen LogP contribution in [0.25, 0.3) is 0 Å². The third-order valence-corrected chi connectivity index (χ3v) is 3.82. The van der Waals surface area contributed by atoms with Crippen molar-refractivity contribution in [2.75, 3.05) is 12.4 Å². The number of benzene rings is 1. The molecular weight excluding hydrogens is 294 g/mol. The van der Waals surface area contributed by atoms with Crippen LogP contribution in [0.4, 0.5) is 5.69 Å². The highest BCUT2D eigenvalue weighted by molar-refractivity contribution is 5.95. The Hall–Kier alpha value is -2.60. The first-order valence-corrected chi connectivity index (χ1v) is 7.45. The number of aryl methyl sites for hydroxylation is 1. The van der Waals surface area contributed by atoms with Gasteiger partial charge >= 0.3 is 0 Å². The van der Waals surface area contributed by atoms with Crippen molar-refractivity contribution in [1.29, 1.82) is 0 Å². The first-order valence-electron chi connectivity index (χ1n) is 7.45. The van der Waals surface area contributed by atoms with Gasteiger partial charge in [0.05, 0.1) is 7.05 Å². The SMILES string of the molecule is Cc1ccc(C[NH+](C)[C@@H](C)C(=O)Nc2ccc(C(N)=O)cc2)o1. The van der Waals surface area contributed by atoms with Crippen molar-refractivity contribution in [3.63, 3.8) is 0 Å². The van der Waals surface area contributed by atoms with Crippen LogP contribution in [0.5, 0.6) is 0 Å². The summed E-state index contributed by atoms with van der Waals surface area (Å²) < 4.78 is 5.54. The lowest BCUT2D eigenvalue weighted by atomic mass is 10.2. The lowest BCUT2D eigenvalue weighted by molar-refractivity contribution is -0.908. The zero-order chi connectivity index (χ0) is 17.0. The third kappa shape index (κ3) is 4.43. The topological polar surface area (TPSA) is 89.8 Å². The molecule has 0 aliphatic carbocycles.